The summed E-state index contributed by atoms with van der Waals surface area (Å²) in [5.74, 6) is -0.949. The van der Waals surface area contributed by atoms with Crippen molar-refractivity contribution < 1.29 is 14.0 Å². The molecule has 3 rings (SSSR count). The van der Waals surface area contributed by atoms with E-state index in [4.69, 9.17) is 0 Å². The third-order valence-electron chi connectivity index (χ3n) is 4.39. The zero-order valence-electron chi connectivity index (χ0n) is 14.1. The molecule has 2 heterocycles. The van der Waals surface area contributed by atoms with E-state index >= 15 is 0 Å². The average molecular weight is 360 g/mol. The number of hydrogen-bond donors (Lipinski definition) is 1. The van der Waals surface area contributed by atoms with E-state index in [0.29, 0.717) is 19.5 Å². The van der Waals surface area contributed by atoms with Gasteiger partial charge in [0.2, 0.25) is 5.91 Å². The molecule has 1 aromatic heterocycles. The molecule has 0 saturated carbocycles. The Hall–Kier alpha value is -2.21. The second-order valence-electron chi connectivity index (χ2n) is 6.20. The van der Waals surface area contributed by atoms with E-state index in [1.54, 1.807) is 22.3 Å². The second-order valence-corrected chi connectivity index (χ2v) is 7.20. The first-order chi connectivity index (χ1) is 12.1. The molecular formula is C19H21FN2O2S. The number of nitrogens with one attached hydrogen (secondary N) is 1. The molecule has 0 fully saturated rings. The SMILES string of the molecule is CCC[C@@H](NC(=O)c1cccc(F)c1)C(=O)N1CCc2sccc2C1. The first-order valence-corrected chi connectivity index (χ1v) is 9.37. The highest BCUT2D eigenvalue weighted by Gasteiger charge is 2.28. The molecule has 0 saturated heterocycles. The van der Waals surface area contributed by atoms with Gasteiger partial charge in [-0.1, -0.05) is 19.4 Å². The van der Waals surface area contributed by atoms with Gasteiger partial charge in [0.15, 0.2) is 0 Å². The van der Waals surface area contributed by atoms with Crippen LogP contribution in [0.3, 0.4) is 0 Å². The number of rotatable bonds is 5. The van der Waals surface area contributed by atoms with Crippen LogP contribution >= 0.6 is 11.3 Å². The van der Waals surface area contributed by atoms with Crippen LogP contribution in [0.1, 0.15) is 40.6 Å². The Bertz CT molecular complexity index is 774. The van der Waals surface area contributed by atoms with Gasteiger partial charge < -0.3 is 10.2 Å². The van der Waals surface area contributed by atoms with Crippen molar-refractivity contribution in [3.63, 3.8) is 0 Å². The summed E-state index contributed by atoms with van der Waals surface area (Å²) in [4.78, 5) is 28.4. The molecule has 1 aliphatic heterocycles. The fourth-order valence-corrected chi connectivity index (χ4v) is 3.96. The summed E-state index contributed by atoms with van der Waals surface area (Å²) in [6.07, 6.45) is 2.19. The molecule has 0 aliphatic carbocycles. The van der Waals surface area contributed by atoms with Crippen LogP contribution in [-0.2, 0) is 17.8 Å². The Morgan fingerprint density at radius 2 is 2.20 bits per heavy atom. The van der Waals surface area contributed by atoms with Gasteiger partial charge in [0, 0.05) is 23.5 Å². The summed E-state index contributed by atoms with van der Waals surface area (Å²) in [7, 11) is 0. The predicted octanol–water partition coefficient (Wildman–Crippen LogP) is 3.37. The second kappa shape index (κ2) is 7.78. The topological polar surface area (TPSA) is 49.4 Å². The lowest BCUT2D eigenvalue weighted by molar-refractivity contribution is -0.134. The molecule has 25 heavy (non-hydrogen) atoms. The van der Waals surface area contributed by atoms with Crippen LogP contribution in [0.5, 0.6) is 0 Å². The van der Waals surface area contributed by atoms with E-state index in [1.807, 2.05) is 12.3 Å². The first kappa shape index (κ1) is 17.6. The van der Waals surface area contributed by atoms with Gasteiger partial charge in [-0.2, -0.15) is 0 Å². The molecule has 0 radical (unpaired) electrons. The molecule has 4 nitrogen and oxygen atoms in total. The Morgan fingerprint density at radius 1 is 1.36 bits per heavy atom. The maximum atomic E-state index is 13.3. The van der Waals surface area contributed by atoms with Crippen LogP contribution < -0.4 is 5.32 Å². The van der Waals surface area contributed by atoms with Crippen molar-refractivity contribution in [1.29, 1.82) is 0 Å². The highest BCUT2D eigenvalue weighted by molar-refractivity contribution is 7.10. The number of fused-ring (bicyclic) bond motifs is 1. The molecule has 1 N–H and O–H groups in total. The molecule has 2 amide bonds. The van der Waals surface area contributed by atoms with Gasteiger partial charge in [0.05, 0.1) is 0 Å². The van der Waals surface area contributed by atoms with Crippen molar-refractivity contribution >= 4 is 23.2 Å². The maximum absolute atomic E-state index is 13.3. The van der Waals surface area contributed by atoms with Gasteiger partial charge in [0.25, 0.3) is 5.91 Å². The Balaban J connectivity index is 1.70. The van der Waals surface area contributed by atoms with Crippen molar-refractivity contribution in [3.8, 4) is 0 Å². The number of amides is 2. The van der Waals surface area contributed by atoms with E-state index < -0.39 is 17.8 Å². The van der Waals surface area contributed by atoms with Gasteiger partial charge in [0.1, 0.15) is 11.9 Å². The molecule has 1 aromatic carbocycles. The largest absolute Gasteiger partial charge is 0.340 e. The Morgan fingerprint density at radius 3 is 2.96 bits per heavy atom. The molecule has 1 aliphatic rings. The highest BCUT2D eigenvalue weighted by atomic mass is 32.1. The number of halogens is 1. The van der Waals surface area contributed by atoms with Crippen molar-refractivity contribution in [2.75, 3.05) is 6.54 Å². The third-order valence-corrected chi connectivity index (χ3v) is 5.41. The highest BCUT2D eigenvalue weighted by Crippen LogP contribution is 2.24. The van der Waals surface area contributed by atoms with E-state index in [0.717, 1.165) is 12.8 Å². The fraction of sp³-hybridized carbons (Fsp3) is 0.368. The first-order valence-electron chi connectivity index (χ1n) is 8.49. The predicted molar refractivity (Wildman–Crippen MR) is 96.0 cm³/mol. The third kappa shape index (κ3) is 4.07. The van der Waals surface area contributed by atoms with Crippen LogP contribution in [0, 0.1) is 5.82 Å². The number of nitrogens with zero attached hydrogens (tertiary/aromatic N) is 1. The van der Waals surface area contributed by atoms with E-state index in [-0.39, 0.29) is 11.5 Å². The maximum Gasteiger partial charge on any atom is 0.252 e. The van der Waals surface area contributed by atoms with Crippen LogP contribution in [-0.4, -0.2) is 29.3 Å². The molecular weight excluding hydrogens is 339 g/mol. The summed E-state index contributed by atoms with van der Waals surface area (Å²) >= 11 is 1.72. The Labute approximate surface area is 150 Å². The quantitative estimate of drug-likeness (QED) is 0.889. The lowest BCUT2D eigenvalue weighted by Crippen LogP contribution is -2.49. The Kier molecular flexibility index (Phi) is 5.48. The van der Waals surface area contributed by atoms with Crippen LogP contribution in [0.15, 0.2) is 35.7 Å². The van der Waals surface area contributed by atoms with Gasteiger partial charge >= 0.3 is 0 Å². The van der Waals surface area contributed by atoms with Gasteiger partial charge in [-0.3, -0.25) is 9.59 Å². The minimum Gasteiger partial charge on any atom is -0.340 e. The van der Waals surface area contributed by atoms with E-state index in [1.165, 1.54) is 28.6 Å². The minimum atomic E-state index is -0.582. The molecule has 0 bridgehead atoms. The summed E-state index contributed by atoms with van der Waals surface area (Å²) in [6, 6.07) is 6.98. The zero-order chi connectivity index (χ0) is 17.8. The zero-order valence-corrected chi connectivity index (χ0v) is 14.9. The summed E-state index contributed by atoms with van der Waals surface area (Å²) < 4.78 is 13.3. The molecule has 2 aromatic rings. The molecule has 6 heteroatoms. The van der Waals surface area contributed by atoms with E-state index in [9.17, 15) is 14.0 Å². The van der Waals surface area contributed by atoms with Crippen molar-refractivity contribution in [1.82, 2.24) is 10.2 Å². The monoisotopic (exact) mass is 360 g/mol. The molecule has 0 spiro atoms. The van der Waals surface area contributed by atoms with E-state index in [2.05, 4.69) is 11.4 Å². The number of hydrogen-bond acceptors (Lipinski definition) is 3. The lowest BCUT2D eigenvalue weighted by atomic mass is 10.1. The van der Waals surface area contributed by atoms with Crippen LogP contribution in [0.2, 0.25) is 0 Å². The molecule has 0 unspecified atom stereocenters. The van der Waals surface area contributed by atoms with Gasteiger partial charge in [-0.05, 0) is 48.1 Å². The smallest absolute Gasteiger partial charge is 0.252 e. The number of benzene rings is 1. The standard InChI is InChI=1S/C19H21FN2O2S/c1-2-4-16(21-18(23)13-5-3-6-15(20)11-13)19(24)22-9-7-17-14(12-22)8-10-25-17/h3,5-6,8,10-11,16H,2,4,7,9,12H2,1H3,(H,21,23)/t16-/m1/s1. The number of carbonyl (C=O) groups excluding carboxylic acids is 2. The van der Waals surface area contributed by atoms with Crippen LogP contribution in [0.25, 0.3) is 0 Å². The van der Waals surface area contributed by atoms with Crippen molar-refractivity contribution in [3.05, 3.63) is 57.5 Å². The summed E-state index contributed by atoms with van der Waals surface area (Å²) in [6.45, 7) is 3.23. The van der Waals surface area contributed by atoms with Gasteiger partial charge in [-0.15, -0.1) is 11.3 Å². The average Bonchev–Trinajstić information content (AvgIpc) is 3.08. The lowest BCUT2D eigenvalue weighted by Gasteiger charge is -2.31. The minimum absolute atomic E-state index is 0.0662. The summed E-state index contributed by atoms with van der Waals surface area (Å²) in [5.41, 5.74) is 1.42. The van der Waals surface area contributed by atoms with Crippen LogP contribution in [0.4, 0.5) is 4.39 Å². The van der Waals surface area contributed by atoms with Gasteiger partial charge in [-0.25, -0.2) is 4.39 Å². The number of thiophene rings is 1. The molecule has 132 valence electrons. The van der Waals surface area contributed by atoms with Crippen molar-refractivity contribution in [2.24, 2.45) is 0 Å². The normalized spacial score (nSPS) is 14.7. The fourth-order valence-electron chi connectivity index (χ4n) is 3.07. The summed E-state index contributed by atoms with van der Waals surface area (Å²) in [5, 5.41) is 4.83. The number of carbonyl (C=O) groups is 2. The molecule has 1 atom stereocenters. The van der Waals surface area contributed by atoms with Crippen molar-refractivity contribution in [2.45, 2.75) is 38.8 Å².